The van der Waals surface area contributed by atoms with Gasteiger partial charge in [-0.2, -0.15) is 0 Å². The summed E-state index contributed by atoms with van der Waals surface area (Å²) < 4.78 is 10.7. The molecule has 0 bridgehead atoms. The molecule has 2 fully saturated rings. The van der Waals surface area contributed by atoms with Crippen molar-refractivity contribution in [1.82, 2.24) is 0 Å². The predicted molar refractivity (Wildman–Crippen MR) is 262 cm³/mol. The van der Waals surface area contributed by atoms with E-state index in [4.69, 9.17) is 9.47 Å². The van der Waals surface area contributed by atoms with E-state index < -0.39 is 0 Å². The molecule has 0 aromatic heterocycles. The Bertz CT molecular complexity index is 3600. The summed E-state index contributed by atoms with van der Waals surface area (Å²) in [6.07, 6.45) is 15.1. The highest BCUT2D eigenvalue weighted by Crippen LogP contribution is 2.94. The number of esters is 2. The monoisotopic (exact) mass is 884 g/mol. The Balaban J connectivity index is 0.963. The number of rotatable bonds is 10. The summed E-state index contributed by atoms with van der Waals surface area (Å²) in [5, 5.41) is 10.5. The van der Waals surface area contributed by atoms with Crippen molar-refractivity contribution in [2.45, 2.75) is 159 Å². The molecule has 0 aliphatic heterocycles. The number of allylic oxidation sites excluding steroid dienone is 4. The van der Waals surface area contributed by atoms with Crippen molar-refractivity contribution in [3.8, 4) is 11.1 Å². The van der Waals surface area contributed by atoms with Crippen molar-refractivity contribution in [3.63, 3.8) is 0 Å². The maximum Gasteiger partial charge on any atom is 0.305 e. The van der Waals surface area contributed by atoms with Crippen molar-refractivity contribution in [3.05, 3.63) is 150 Å². The van der Waals surface area contributed by atoms with Gasteiger partial charge in [0.25, 0.3) is 0 Å². The lowest BCUT2D eigenvalue weighted by atomic mass is 9.64. The van der Waals surface area contributed by atoms with E-state index >= 15 is 0 Å². The molecule has 332 valence electrons. The smallest absolute Gasteiger partial charge is 0.305 e. The van der Waals surface area contributed by atoms with E-state index in [1.54, 1.807) is 74.4 Å². The average Bonchev–Trinajstić information content (AvgIpc) is 3.75. The van der Waals surface area contributed by atoms with Crippen LogP contribution in [0.25, 0.3) is 43.4 Å². The summed E-state index contributed by atoms with van der Waals surface area (Å²) >= 11 is 0. The molecule has 0 radical (unpaired) electrons. The van der Waals surface area contributed by atoms with Crippen molar-refractivity contribution < 1.29 is 19.1 Å². The molecule has 2 saturated carbocycles. The molecule has 0 saturated heterocycles. The van der Waals surface area contributed by atoms with Crippen LogP contribution in [0.15, 0.2) is 83.0 Å². The van der Waals surface area contributed by atoms with E-state index in [9.17, 15) is 9.59 Å². The lowest BCUT2D eigenvalue weighted by Crippen LogP contribution is -2.30. The molecule has 6 aromatic rings. The van der Waals surface area contributed by atoms with Crippen LogP contribution < -0.4 is 0 Å². The molecule has 10 unspecified atom stereocenters. The van der Waals surface area contributed by atoms with Gasteiger partial charge in [-0.05, 0) is 233 Å². The topological polar surface area (TPSA) is 52.6 Å². The van der Waals surface area contributed by atoms with Crippen LogP contribution >= 0.6 is 0 Å². The van der Waals surface area contributed by atoms with Gasteiger partial charge in [-0.25, -0.2) is 0 Å². The van der Waals surface area contributed by atoms with Crippen molar-refractivity contribution in [2.24, 2.45) is 0 Å². The van der Waals surface area contributed by atoms with Crippen molar-refractivity contribution >= 4 is 44.3 Å². The SMILES string of the molecule is COC(=O)CCCC1(c2ccccc2)C2=C3C4CCC5c6c4c4c7c8c6c6c9c%10c%11c%12c%13c%14c%15c(c-7c%13c%108)C(C(=C21)C%15CCC%14C%12CCC%111C(CCCC(=O)OC)(c2ccccc2)C91CCC65)C34. The van der Waals surface area contributed by atoms with Crippen LogP contribution in [-0.2, 0) is 40.7 Å². The summed E-state index contributed by atoms with van der Waals surface area (Å²) in [7, 11) is 3.13. The number of carbonyl (C=O) groups excluding carboxylic acids is 2. The van der Waals surface area contributed by atoms with Gasteiger partial charge >= 0.3 is 11.9 Å². The molecule has 4 nitrogen and oxygen atoms in total. The highest BCUT2D eigenvalue weighted by Gasteiger charge is 2.91. The van der Waals surface area contributed by atoms with Crippen molar-refractivity contribution in [2.75, 3.05) is 14.2 Å². The molecule has 0 N–H and O–H groups in total. The Morgan fingerprint density at radius 2 is 0.985 bits per heavy atom. The Hall–Kier alpha value is -5.48. The quantitative estimate of drug-likeness (QED) is 0.101. The van der Waals surface area contributed by atoms with Crippen molar-refractivity contribution in [1.29, 1.82) is 0 Å². The molecule has 10 atom stereocenters. The molecule has 14 aliphatic rings. The molecule has 0 heterocycles. The minimum Gasteiger partial charge on any atom is -0.469 e. The molecular weight excluding hydrogens is 833 g/mol. The third kappa shape index (κ3) is 2.95. The maximum atomic E-state index is 13.0. The largest absolute Gasteiger partial charge is 0.469 e. The first-order valence-electron chi connectivity index (χ1n) is 27.0. The Morgan fingerprint density at radius 1 is 0.500 bits per heavy atom. The molecule has 14 aliphatic carbocycles. The van der Waals surface area contributed by atoms with E-state index in [0.717, 1.165) is 25.7 Å². The molecule has 4 heteroatoms. The zero-order chi connectivity index (χ0) is 44.0. The van der Waals surface area contributed by atoms with E-state index in [1.165, 1.54) is 56.9 Å². The fraction of sp³-hybridized carbons (Fsp3) is 0.438. The van der Waals surface area contributed by atoms with Crippen LogP contribution in [0.5, 0.6) is 0 Å². The van der Waals surface area contributed by atoms with Gasteiger partial charge in [0.1, 0.15) is 0 Å². The van der Waals surface area contributed by atoms with Crippen LogP contribution in [-0.4, -0.2) is 26.2 Å². The third-order valence-electron chi connectivity index (χ3n) is 24.0. The fourth-order valence-corrected chi connectivity index (χ4v) is 23.1. The molecule has 6 aromatic carbocycles. The Kier molecular flexibility index (Phi) is 5.50. The standard InChI is InChI=1S/C64H52O4/c1-67-35(65)15-9-23-61(27-11-5-3-6-12-27)59-43-33-19-17-29-31-21-25-63-57-41(31)45-37(29)39(33)47-49(43)50-44(60(59)61)34-20-18-30-32-22-26-64(63,62(63,24-10-16-36(66)68-2)28-13-7-4-8-14-28)58-42(32)46-38(30)40(34)48(50)54-52(46)55(56(57)58)51(45)53(47)54/h3-8,11-14,29-34,49-50H,9-10,15-26H2,1-2H3. The number of hydrogen-bond donors (Lipinski definition) is 0. The number of fused-ring (bicyclic) bond motifs is 5. The van der Waals surface area contributed by atoms with Crippen LogP contribution in [0.1, 0.15) is 204 Å². The third-order valence-corrected chi connectivity index (χ3v) is 24.0. The number of ether oxygens (including phenoxy) is 2. The van der Waals surface area contributed by atoms with E-state index in [2.05, 4.69) is 60.7 Å². The van der Waals surface area contributed by atoms with Gasteiger partial charge in [-0.15, -0.1) is 0 Å². The molecule has 20 rings (SSSR count). The second-order valence-electron chi connectivity index (χ2n) is 24.7. The zero-order valence-electron chi connectivity index (χ0n) is 38.9. The minimum absolute atomic E-state index is 0.0211. The Labute approximate surface area is 395 Å². The van der Waals surface area contributed by atoms with Gasteiger partial charge in [-0.1, -0.05) is 60.7 Å². The highest BCUT2D eigenvalue weighted by atomic mass is 16.5. The summed E-state index contributed by atoms with van der Waals surface area (Å²) in [5.74, 6) is 4.19. The van der Waals surface area contributed by atoms with Crippen LogP contribution in [0.2, 0.25) is 0 Å². The molecule has 2 spiro atoms. The van der Waals surface area contributed by atoms with Crippen LogP contribution in [0, 0.1) is 0 Å². The van der Waals surface area contributed by atoms with Crippen LogP contribution in [0.3, 0.4) is 0 Å². The summed E-state index contributed by atoms with van der Waals surface area (Å²) in [5.41, 5.74) is 31.9. The highest BCUT2D eigenvalue weighted by molar-refractivity contribution is 6.40. The van der Waals surface area contributed by atoms with Gasteiger partial charge < -0.3 is 9.47 Å². The predicted octanol–water partition coefficient (Wildman–Crippen LogP) is 13.7. The van der Waals surface area contributed by atoms with Crippen LogP contribution in [0.4, 0.5) is 0 Å². The second kappa shape index (κ2) is 10.5. The molecular formula is C64H52O4. The van der Waals surface area contributed by atoms with Gasteiger partial charge in [0.2, 0.25) is 0 Å². The number of benzene rings is 6. The normalized spacial score (nSPS) is 37.4. The molecule has 0 amide bonds. The van der Waals surface area contributed by atoms with E-state index in [-0.39, 0.29) is 33.6 Å². The summed E-state index contributed by atoms with van der Waals surface area (Å²) in [6.45, 7) is 0. The maximum absolute atomic E-state index is 13.0. The average molecular weight is 885 g/mol. The first-order chi connectivity index (χ1) is 33.5. The van der Waals surface area contributed by atoms with Gasteiger partial charge in [0.15, 0.2) is 0 Å². The van der Waals surface area contributed by atoms with E-state index in [0.29, 0.717) is 60.2 Å². The van der Waals surface area contributed by atoms with Gasteiger partial charge in [0, 0.05) is 58.2 Å². The number of carbonyl (C=O) groups is 2. The summed E-state index contributed by atoms with van der Waals surface area (Å²) in [4.78, 5) is 25.9. The van der Waals surface area contributed by atoms with Gasteiger partial charge in [-0.3, -0.25) is 9.59 Å². The minimum atomic E-state index is -0.122. The second-order valence-corrected chi connectivity index (χ2v) is 24.7. The lowest BCUT2D eigenvalue weighted by molar-refractivity contribution is -0.141. The lowest BCUT2D eigenvalue weighted by Gasteiger charge is -2.38. The Morgan fingerprint density at radius 3 is 1.50 bits per heavy atom. The van der Waals surface area contributed by atoms with E-state index in [1.807, 2.05) is 66.8 Å². The number of hydrogen-bond acceptors (Lipinski definition) is 4. The molecule has 68 heavy (non-hydrogen) atoms. The zero-order valence-corrected chi connectivity index (χ0v) is 38.9. The number of methoxy groups -OCH3 is 2. The van der Waals surface area contributed by atoms with Gasteiger partial charge in [0.05, 0.1) is 14.2 Å². The fourth-order valence-electron chi connectivity index (χ4n) is 23.1. The first kappa shape index (κ1) is 35.6. The summed E-state index contributed by atoms with van der Waals surface area (Å²) in [6, 6.07) is 23.6. The first-order valence-corrected chi connectivity index (χ1v) is 27.0.